The molecule has 5 nitrogen and oxygen atoms in total. The van der Waals surface area contributed by atoms with Crippen molar-refractivity contribution < 1.29 is 31.3 Å². The number of para-hydroxylation sites is 2. The predicted octanol–water partition coefficient (Wildman–Crippen LogP) is 3.29. The maximum atomic E-state index is 9.71. The summed E-state index contributed by atoms with van der Waals surface area (Å²) in [5.74, 6) is 0.418. The Morgan fingerprint density at radius 3 is 1.88 bits per heavy atom. The molecule has 0 saturated heterocycles. The zero-order chi connectivity index (χ0) is 18.0. The van der Waals surface area contributed by atoms with Crippen LogP contribution in [-0.4, -0.2) is 34.7 Å². The van der Waals surface area contributed by atoms with E-state index in [2.05, 4.69) is 9.98 Å². The summed E-state index contributed by atoms with van der Waals surface area (Å²) in [6, 6.07) is 14.1. The molecular weight excluding hydrogens is 343 g/mol. The van der Waals surface area contributed by atoms with Crippen molar-refractivity contribution in [2.75, 3.05) is 6.54 Å². The molecule has 0 saturated carbocycles. The Bertz CT molecular complexity index is 715. The second kappa shape index (κ2) is 9.80. The minimum atomic E-state index is -0.400. The van der Waals surface area contributed by atoms with Crippen LogP contribution in [0.3, 0.4) is 0 Å². The van der Waals surface area contributed by atoms with Gasteiger partial charge in [-0.15, -0.1) is 0 Å². The van der Waals surface area contributed by atoms with Gasteiger partial charge in [-0.1, -0.05) is 24.3 Å². The number of rotatable bonds is 5. The number of hydrogen-bond donors (Lipinski definition) is 2. The fraction of sp³-hybridized carbons (Fsp3) is 0.222. The van der Waals surface area contributed by atoms with Crippen molar-refractivity contribution in [1.29, 1.82) is 0 Å². The normalized spacial score (nSPS) is 11.4. The van der Waals surface area contributed by atoms with E-state index in [0.29, 0.717) is 17.7 Å². The summed E-state index contributed by atoms with van der Waals surface area (Å²) in [4.78, 5) is 8.83. The third kappa shape index (κ3) is 6.48. The third-order valence-electron chi connectivity index (χ3n) is 3.14. The first-order valence-electron chi connectivity index (χ1n) is 7.27. The fourth-order valence-corrected chi connectivity index (χ4v) is 1.85. The molecule has 0 unspecified atom stereocenters. The third-order valence-corrected chi connectivity index (χ3v) is 3.14. The summed E-state index contributed by atoms with van der Waals surface area (Å²) in [6.45, 7) is 4.41. The standard InChI is InChI=1S/C18H20N2O2.O.V/c1-18(2,20-12-15-8-4-6-10-17(15)22)13-19-11-14-7-3-5-9-16(14)21;;/h3-12,21-22H,13H2,1-2H3;;. The molecule has 0 heterocycles. The number of phenolic OH excluding ortho intramolecular Hbond substituents is 2. The molecule has 0 radical (unpaired) electrons. The van der Waals surface area contributed by atoms with Crippen LogP contribution in [-0.2, 0) is 21.0 Å². The van der Waals surface area contributed by atoms with E-state index >= 15 is 0 Å². The molecule has 2 aromatic rings. The average Bonchev–Trinajstić information content (AvgIpc) is 2.58. The van der Waals surface area contributed by atoms with E-state index in [4.69, 9.17) is 3.67 Å². The number of benzene rings is 2. The van der Waals surface area contributed by atoms with E-state index in [0.717, 1.165) is 17.4 Å². The van der Waals surface area contributed by atoms with Gasteiger partial charge in [0.05, 0.1) is 12.1 Å². The van der Waals surface area contributed by atoms with E-state index in [1.807, 2.05) is 26.0 Å². The minimum absolute atomic E-state index is 0.208. The van der Waals surface area contributed by atoms with Crippen LogP contribution >= 0.6 is 0 Å². The van der Waals surface area contributed by atoms with E-state index in [-0.39, 0.29) is 11.5 Å². The quantitative estimate of drug-likeness (QED) is 0.800. The van der Waals surface area contributed by atoms with Gasteiger partial charge in [-0.3, -0.25) is 9.98 Å². The molecule has 2 N–H and O–H groups in total. The van der Waals surface area contributed by atoms with Crippen molar-refractivity contribution in [3.63, 3.8) is 0 Å². The molecule has 0 atom stereocenters. The number of aliphatic imine (C=N–C) groups is 2. The van der Waals surface area contributed by atoms with Crippen molar-refractivity contribution in [2.45, 2.75) is 19.4 Å². The summed E-state index contributed by atoms with van der Waals surface area (Å²) in [5.41, 5.74) is 0.964. The van der Waals surface area contributed by atoms with Gasteiger partial charge in [0.25, 0.3) is 0 Å². The molecule has 0 aliphatic heterocycles. The molecular formula is C18H20N2O3V. The molecule has 6 heteroatoms. The number of aromatic hydroxyl groups is 2. The number of nitrogens with zero attached hydrogens (tertiary/aromatic N) is 2. The molecule has 125 valence electrons. The molecule has 0 spiro atoms. The Balaban J connectivity index is 0.00000139. The Morgan fingerprint density at radius 2 is 1.38 bits per heavy atom. The first-order chi connectivity index (χ1) is 11.5. The van der Waals surface area contributed by atoms with Gasteiger partial charge >= 0.3 is 21.0 Å². The van der Waals surface area contributed by atoms with E-state index in [9.17, 15) is 10.2 Å². The summed E-state index contributed by atoms with van der Waals surface area (Å²) >= 11 is 1.06. The molecule has 24 heavy (non-hydrogen) atoms. The molecule has 2 rings (SSSR count). The first kappa shape index (κ1) is 19.8. The Kier molecular flexibility index (Phi) is 8.09. The Hall–Kier alpha value is -2.24. The van der Waals surface area contributed by atoms with Crippen LogP contribution < -0.4 is 0 Å². The molecule has 2 aromatic carbocycles. The van der Waals surface area contributed by atoms with Crippen LogP contribution in [0.1, 0.15) is 25.0 Å². The number of phenols is 2. The van der Waals surface area contributed by atoms with Gasteiger partial charge in [0.2, 0.25) is 0 Å². The van der Waals surface area contributed by atoms with Crippen molar-refractivity contribution >= 4 is 12.4 Å². The fourth-order valence-electron chi connectivity index (χ4n) is 1.85. The monoisotopic (exact) mass is 363 g/mol. The van der Waals surface area contributed by atoms with Crippen molar-refractivity contribution in [3.8, 4) is 11.5 Å². The van der Waals surface area contributed by atoms with Crippen LogP contribution in [0.5, 0.6) is 11.5 Å². The summed E-state index contributed by atoms with van der Waals surface area (Å²) in [5, 5.41) is 19.4. The summed E-state index contributed by atoms with van der Waals surface area (Å²) in [7, 11) is 0. The van der Waals surface area contributed by atoms with Gasteiger partial charge in [-0.25, -0.2) is 0 Å². The zero-order valence-electron chi connectivity index (χ0n) is 13.6. The van der Waals surface area contributed by atoms with Gasteiger partial charge in [0, 0.05) is 23.6 Å². The summed E-state index contributed by atoms with van der Waals surface area (Å²) in [6.07, 6.45) is 3.30. The van der Waals surface area contributed by atoms with Gasteiger partial charge in [0.1, 0.15) is 11.5 Å². The van der Waals surface area contributed by atoms with Crippen LogP contribution in [0.2, 0.25) is 0 Å². The van der Waals surface area contributed by atoms with Crippen LogP contribution in [0.15, 0.2) is 58.5 Å². The van der Waals surface area contributed by atoms with E-state index < -0.39 is 5.54 Å². The van der Waals surface area contributed by atoms with Crippen molar-refractivity contribution in [1.82, 2.24) is 0 Å². The second-order valence-electron chi connectivity index (χ2n) is 5.66. The SMILES string of the molecule is CC(C)(CN=Cc1ccccc1O)N=Cc1ccccc1O.[O]=[V]. The van der Waals surface area contributed by atoms with Crippen molar-refractivity contribution in [3.05, 3.63) is 59.7 Å². The van der Waals surface area contributed by atoms with Crippen LogP contribution in [0.25, 0.3) is 0 Å². The van der Waals surface area contributed by atoms with Gasteiger partial charge in [0.15, 0.2) is 0 Å². The zero-order valence-corrected chi connectivity index (χ0v) is 15.0. The molecule has 0 fully saturated rings. The average molecular weight is 363 g/mol. The Labute approximate surface area is 151 Å². The summed E-state index contributed by atoms with van der Waals surface area (Å²) < 4.78 is 8.19. The maximum absolute atomic E-state index is 9.71. The molecule has 0 amide bonds. The predicted molar refractivity (Wildman–Crippen MR) is 91.0 cm³/mol. The van der Waals surface area contributed by atoms with Gasteiger partial charge < -0.3 is 10.2 Å². The molecule has 0 bridgehead atoms. The van der Waals surface area contributed by atoms with Crippen molar-refractivity contribution in [2.24, 2.45) is 9.98 Å². The molecule has 0 aromatic heterocycles. The Morgan fingerprint density at radius 1 is 0.917 bits per heavy atom. The van der Waals surface area contributed by atoms with Gasteiger partial charge in [-0.2, -0.15) is 0 Å². The van der Waals surface area contributed by atoms with E-state index in [1.54, 1.807) is 48.8 Å². The second-order valence-corrected chi connectivity index (χ2v) is 5.66. The number of hydrogen-bond acceptors (Lipinski definition) is 5. The van der Waals surface area contributed by atoms with Gasteiger partial charge in [-0.05, 0) is 38.1 Å². The first-order valence-corrected chi connectivity index (χ1v) is 7.84. The van der Waals surface area contributed by atoms with Crippen LogP contribution in [0.4, 0.5) is 0 Å². The topological polar surface area (TPSA) is 82.2 Å². The van der Waals surface area contributed by atoms with E-state index in [1.165, 1.54) is 0 Å². The molecule has 0 aliphatic carbocycles. The molecule has 0 aliphatic rings. The van der Waals surface area contributed by atoms with Crippen LogP contribution in [0, 0.1) is 0 Å².